The van der Waals surface area contributed by atoms with E-state index in [2.05, 4.69) is 34.6 Å². The zero-order valence-corrected chi connectivity index (χ0v) is 45.0. The normalized spacial score (nSPS) is 52.6. The summed E-state index contributed by atoms with van der Waals surface area (Å²) in [4.78, 5) is 0. The van der Waals surface area contributed by atoms with E-state index in [-0.39, 0.29) is 47.5 Å². The molecule has 29 atom stereocenters. The number of rotatable bonds is 15. The average Bonchev–Trinajstić information content (AvgIpc) is 3.74. The van der Waals surface area contributed by atoms with Gasteiger partial charge in [0.1, 0.15) is 91.6 Å². The van der Waals surface area contributed by atoms with Gasteiger partial charge in [0.15, 0.2) is 25.2 Å². The Balaban J connectivity index is 1.02. The van der Waals surface area contributed by atoms with Gasteiger partial charge in [-0.25, -0.2) is 0 Å². The number of hydrogen-bond donors (Lipinski definition) is 15. The van der Waals surface area contributed by atoms with Gasteiger partial charge in [0.2, 0.25) is 0 Å². The lowest BCUT2D eigenvalue weighted by atomic mass is 9.35. The molecule has 4 saturated heterocycles. The van der Waals surface area contributed by atoms with Gasteiger partial charge in [-0.15, -0.1) is 0 Å². The minimum Gasteiger partial charge on any atom is -0.394 e. The van der Waals surface area contributed by atoms with Crippen LogP contribution in [0.2, 0.25) is 0 Å². The van der Waals surface area contributed by atoms with Crippen LogP contribution in [0.15, 0.2) is 12.2 Å². The van der Waals surface area contributed by atoms with E-state index in [9.17, 15) is 76.6 Å². The molecule has 0 amide bonds. The van der Waals surface area contributed by atoms with Crippen molar-refractivity contribution in [3.63, 3.8) is 0 Å². The molecular weight excluding hydrogens is 1000 g/mol. The van der Waals surface area contributed by atoms with Crippen LogP contribution in [-0.4, -0.2) is 243 Å². The Morgan fingerprint density at radius 1 is 0.566 bits per heavy atom. The summed E-state index contributed by atoms with van der Waals surface area (Å²) in [5, 5.41) is 162. The van der Waals surface area contributed by atoms with Crippen molar-refractivity contribution in [2.24, 2.45) is 45.3 Å². The van der Waals surface area contributed by atoms with Crippen LogP contribution in [0.5, 0.6) is 0 Å². The molecule has 0 radical (unpaired) electrons. The lowest BCUT2D eigenvalue weighted by Crippen LogP contribution is -2.68. The van der Waals surface area contributed by atoms with E-state index >= 15 is 0 Å². The number of aliphatic hydroxyl groups excluding tert-OH is 14. The molecular formula is C53H90O23. The molecule has 0 aromatic heterocycles. The van der Waals surface area contributed by atoms with Crippen LogP contribution in [0, 0.1) is 45.3 Å². The highest BCUT2D eigenvalue weighted by molar-refractivity contribution is 5.21. The molecule has 8 aliphatic rings. The topological polar surface area (TPSA) is 377 Å². The number of fused-ring (bicyclic) bond motifs is 5. The summed E-state index contributed by atoms with van der Waals surface area (Å²) in [6.45, 7) is 14.1. The van der Waals surface area contributed by atoms with Gasteiger partial charge in [-0.2, -0.15) is 0 Å². The van der Waals surface area contributed by atoms with Gasteiger partial charge >= 0.3 is 0 Å². The molecule has 8 rings (SSSR count). The number of aliphatic hydroxyl groups is 15. The zero-order chi connectivity index (χ0) is 56.0. The first-order valence-electron chi connectivity index (χ1n) is 27.4. The first-order chi connectivity index (χ1) is 35.4. The van der Waals surface area contributed by atoms with Crippen molar-refractivity contribution >= 4 is 0 Å². The molecule has 4 aliphatic heterocycles. The van der Waals surface area contributed by atoms with Crippen molar-refractivity contribution in [3.8, 4) is 0 Å². The minimum absolute atomic E-state index is 0.0112. The molecule has 76 heavy (non-hydrogen) atoms. The maximum Gasteiger partial charge on any atom is 0.187 e. The van der Waals surface area contributed by atoms with E-state index in [4.69, 9.17) is 37.9 Å². The lowest BCUT2D eigenvalue weighted by Gasteiger charge is -2.71. The van der Waals surface area contributed by atoms with Crippen LogP contribution in [0.1, 0.15) is 107 Å². The SMILES string of the molecule is CC(C)(O)/C=C/C[C@](C)(O[C@@H]1O[C@H](CO[C@H]2OC[C@@H](O)[C@H](O)[C@H]2O)[C@@H](O)[C@H](O)[C@H]1O)[C@H]1CC[C@]2(C)[C@@H]1[C@H](O)C[C@@H]1[C@@]3(C)CC[C@H](O[C@@H]4O[C@H](CO)[C@@H](O)[C@H](O)[C@H]4O[C@@H]4O[C@H](CO)[C@@H](O)[C@H](O)[C@H]4O)C(C)(C)[C@H]3CC[C@]12C. The van der Waals surface area contributed by atoms with Gasteiger partial charge in [0, 0.05) is 0 Å². The predicted octanol–water partition coefficient (Wildman–Crippen LogP) is -2.59. The molecule has 4 aliphatic carbocycles. The Morgan fingerprint density at radius 2 is 1.13 bits per heavy atom. The van der Waals surface area contributed by atoms with Crippen LogP contribution in [0.25, 0.3) is 0 Å². The average molecular weight is 1100 g/mol. The molecule has 15 N–H and O–H groups in total. The highest BCUT2D eigenvalue weighted by Gasteiger charge is 2.72. The second-order valence-electron chi connectivity index (χ2n) is 25.7. The van der Waals surface area contributed by atoms with Crippen LogP contribution in [0.3, 0.4) is 0 Å². The summed E-state index contributed by atoms with van der Waals surface area (Å²) < 4.78 is 48.6. The van der Waals surface area contributed by atoms with Crippen LogP contribution >= 0.6 is 0 Å². The Kier molecular flexibility index (Phi) is 18.1. The van der Waals surface area contributed by atoms with Gasteiger partial charge in [-0.3, -0.25) is 0 Å². The first-order valence-corrected chi connectivity index (χ1v) is 27.4. The Labute approximate surface area is 444 Å². The van der Waals surface area contributed by atoms with E-state index in [1.807, 2.05) is 6.92 Å². The highest BCUT2D eigenvalue weighted by Crippen LogP contribution is 2.76. The smallest absolute Gasteiger partial charge is 0.187 e. The van der Waals surface area contributed by atoms with Gasteiger partial charge in [-0.1, -0.05) is 46.8 Å². The van der Waals surface area contributed by atoms with Gasteiger partial charge in [-0.05, 0) is 117 Å². The lowest BCUT2D eigenvalue weighted by molar-refractivity contribution is -0.378. The number of ether oxygens (including phenoxy) is 8. The second kappa shape index (κ2) is 22.5. The Bertz CT molecular complexity index is 1980. The molecule has 0 aromatic carbocycles. The molecule has 440 valence electrons. The van der Waals surface area contributed by atoms with E-state index < -0.39 is 171 Å². The molecule has 0 aromatic rings. The predicted molar refractivity (Wildman–Crippen MR) is 262 cm³/mol. The summed E-state index contributed by atoms with van der Waals surface area (Å²) in [7, 11) is 0. The van der Waals surface area contributed by atoms with Crippen molar-refractivity contribution in [2.45, 2.75) is 247 Å². The molecule has 8 fully saturated rings. The van der Waals surface area contributed by atoms with Gasteiger partial charge < -0.3 is 114 Å². The number of hydrogen-bond acceptors (Lipinski definition) is 23. The fourth-order valence-electron chi connectivity index (χ4n) is 15.9. The standard InChI is InChI=1S/C53H90O23/c1-48(2,68)13-9-14-53(8,76-46-42(67)38(63)36(61)28(73-46)22-70-44-40(65)33(58)25(57)21-69-44)23-10-16-52(7)32(23)24(56)18-30-50(5)15-12-31(49(3,4)29(50)11-17-51(30,52)6)74-47-43(39(64)35(60)27(20-55)72-47)75-45-41(66)37(62)34(59)26(19-54)71-45/h9,13,23-47,54-68H,10-12,14-22H2,1-8H3/b13-9+/t23-,24+,25+,26+,27+,28+,29+,30+,31-,32-,33-,34+,35+,36+,37-,38-,39-,40+,41+,42+,43+,44+,45-,46-,47-,50-,51+,52+,53-/m0/s1. The molecule has 0 unspecified atom stereocenters. The monoisotopic (exact) mass is 1090 g/mol. The summed E-state index contributed by atoms with van der Waals surface area (Å²) >= 11 is 0. The Hall–Kier alpha value is -1.18. The summed E-state index contributed by atoms with van der Waals surface area (Å²) in [5.41, 5.74) is -4.12. The maximum absolute atomic E-state index is 12.8. The molecule has 0 bridgehead atoms. The van der Waals surface area contributed by atoms with Gasteiger partial charge in [0.05, 0.1) is 49.8 Å². The van der Waals surface area contributed by atoms with Crippen LogP contribution in [-0.2, 0) is 37.9 Å². The second-order valence-corrected chi connectivity index (χ2v) is 25.7. The largest absolute Gasteiger partial charge is 0.394 e. The molecule has 23 heteroatoms. The fraction of sp³-hybridized carbons (Fsp3) is 0.962. The zero-order valence-electron chi connectivity index (χ0n) is 45.0. The molecule has 0 spiro atoms. The minimum atomic E-state index is -1.82. The quantitative estimate of drug-likeness (QED) is 0.0591. The fourth-order valence-corrected chi connectivity index (χ4v) is 15.9. The van der Waals surface area contributed by atoms with Crippen molar-refractivity contribution in [2.75, 3.05) is 26.4 Å². The molecule has 4 heterocycles. The third kappa shape index (κ3) is 10.8. The summed E-state index contributed by atoms with van der Waals surface area (Å²) in [6.07, 6.45) is -23.1. The van der Waals surface area contributed by atoms with Crippen molar-refractivity contribution in [1.82, 2.24) is 0 Å². The summed E-state index contributed by atoms with van der Waals surface area (Å²) in [5.74, 6) is -0.666. The van der Waals surface area contributed by atoms with E-state index in [0.29, 0.717) is 32.1 Å². The van der Waals surface area contributed by atoms with Crippen molar-refractivity contribution in [1.29, 1.82) is 0 Å². The van der Waals surface area contributed by atoms with E-state index in [1.54, 1.807) is 26.0 Å². The van der Waals surface area contributed by atoms with E-state index in [1.165, 1.54) is 0 Å². The first kappa shape index (κ1) is 60.9. The maximum atomic E-state index is 12.8. The third-order valence-corrected chi connectivity index (χ3v) is 20.4. The summed E-state index contributed by atoms with van der Waals surface area (Å²) in [6, 6.07) is 0. The Morgan fingerprint density at radius 3 is 1.76 bits per heavy atom. The highest BCUT2D eigenvalue weighted by atomic mass is 16.8. The van der Waals surface area contributed by atoms with Crippen LogP contribution in [0.4, 0.5) is 0 Å². The van der Waals surface area contributed by atoms with E-state index in [0.717, 1.165) is 12.8 Å². The van der Waals surface area contributed by atoms with Gasteiger partial charge in [0.25, 0.3) is 0 Å². The molecule has 4 saturated carbocycles. The third-order valence-electron chi connectivity index (χ3n) is 20.4. The molecule has 23 nitrogen and oxygen atoms in total. The van der Waals surface area contributed by atoms with Crippen molar-refractivity contribution < 1.29 is 114 Å². The van der Waals surface area contributed by atoms with Crippen molar-refractivity contribution in [3.05, 3.63) is 12.2 Å². The van der Waals surface area contributed by atoms with Crippen LogP contribution < -0.4 is 0 Å².